The summed E-state index contributed by atoms with van der Waals surface area (Å²) in [6, 6.07) is 6.32. The molecule has 0 aromatic heterocycles. The molecule has 0 aliphatic carbocycles. The van der Waals surface area contributed by atoms with Crippen molar-refractivity contribution < 1.29 is 18.8 Å². The van der Waals surface area contributed by atoms with E-state index < -0.39 is 16.6 Å². The van der Waals surface area contributed by atoms with E-state index in [9.17, 15) is 24.0 Å². The van der Waals surface area contributed by atoms with Gasteiger partial charge in [-0.3, -0.25) is 10.1 Å². The number of anilines is 1. The summed E-state index contributed by atoms with van der Waals surface area (Å²) in [5, 5.41) is 22.9. The molecule has 0 aliphatic heterocycles. The van der Waals surface area contributed by atoms with Crippen molar-refractivity contribution in [3.05, 3.63) is 63.7 Å². The van der Waals surface area contributed by atoms with Gasteiger partial charge in [-0.15, -0.1) is 0 Å². The van der Waals surface area contributed by atoms with Crippen LogP contribution in [0.3, 0.4) is 0 Å². The number of hydrogen-bond acceptors (Lipinski definition) is 4. The van der Waals surface area contributed by atoms with Crippen LogP contribution < -0.4 is 5.32 Å². The molecule has 2 aromatic carbocycles. The average Bonchev–Trinajstić information content (AvgIpc) is 2.39. The summed E-state index contributed by atoms with van der Waals surface area (Å²) in [6.07, 6.45) is 0. The van der Waals surface area contributed by atoms with E-state index in [1.54, 1.807) is 0 Å². The molecule has 0 bridgehead atoms. The van der Waals surface area contributed by atoms with Crippen LogP contribution in [0.4, 0.5) is 20.2 Å². The highest BCUT2D eigenvalue weighted by atomic mass is 19.1. The van der Waals surface area contributed by atoms with Crippen molar-refractivity contribution in [2.24, 2.45) is 0 Å². The minimum atomic E-state index is -0.660. The van der Waals surface area contributed by atoms with Gasteiger partial charge in [-0.25, -0.2) is 8.78 Å². The van der Waals surface area contributed by atoms with Crippen LogP contribution in [0.15, 0.2) is 36.4 Å². The Morgan fingerprint density at radius 3 is 2.50 bits per heavy atom. The molecule has 0 saturated carbocycles. The average molecular weight is 280 g/mol. The molecule has 0 spiro atoms. The van der Waals surface area contributed by atoms with Crippen LogP contribution in [0.5, 0.6) is 5.75 Å². The Morgan fingerprint density at radius 1 is 1.15 bits per heavy atom. The lowest BCUT2D eigenvalue weighted by Gasteiger charge is -2.09. The number of phenols is 1. The van der Waals surface area contributed by atoms with Gasteiger partial charge in [0.25, 0.3) is 5.69 Å². The maximum absolute atomic E-state index is 13.1. The summed E-state index contributed by atoms with van der Waals surface area (Å²) in [5.41, 5.74) is -0.135. The first-order valence-corrected chi connectivity index (χ1v) is 5.62. The molecule has 0 atom stereocenters. The van der Waals surface area contributed by atoms with E-state index in [1.807, 2.05) is 0 Å². The lowest BCUT2D eigenvalue weighted by atomic mass is 10.2. The Labute approximate surface area is 112 Å². The predicted molar refractivity (Wildman–Crippen MR) is 68.4 cm³/mol. The summed E-state index contributed by atoms with van der Waals surface area (Å²) < 4.78 is 26.1. The number of rotatable bonds is 4. The first-order valence-electron chi connectivity index (χ1n) is 5.62. The van der Waals surface area contributed by atoms with Crippen molar-refractivity contribution >= 4 is 11.4 Å². The smallest absolute Gasteiger partial charge is 0.292 e. The number of aromatic hydroxyl groups is 1. The minimum Gasteiger partial charge on any atom is -0.508 e. The molecule has 0 aliphatic rings. The number of hydrogen-bond donors (Lipinski definition) is 2. The Balaban J connectivity index is 2.24. The van der Waals surface area contributed by atoms with Crippen molar-refractivity contribution in [1.82, 2.24) is 0 Å². The number of nitro benzene ring substituents is 1. The Hall–Kier alpha value is -2.70. The van der Waals surface area contributed by atoms with Gasteiger partial charge in [0.1, 0.15) is 23.1 Å². The van der Waals surface area contributed by atoms with Crippen LogP contribution in [0.25, 0.3) is 0 Å². The van der Waals surface area contributed by atoms with Crippen LogP contribution in [0, 0.1) is 21.7 Å². The third-order valence-corrected chi connectivity index (χ3v) is 2.67. The Morgan fingerprint density at radius 2 is 1.80 bits per heavy atom. The fourth-order valence-electron chi connectivity index (χ4n) is 1.70. The van der Waals surface area contributed by atoms with Gasteiger partial charge in [0, 0.05) is 24.2 Å². The van der Waals surface area contributed by atoms with E-state index in [2.05, 4.69) is 5.32 Å². The van der Waals surface area contributed by atoms with Gasteiger partial charge in [-0.05, 0) is 24.3 Å². The molecule has 104 valence electrons. The number of nitro groups is 1. The van der Waals surface area contributed by atoms with Crippen molar-refractivity contribution in [2.45, 2.75) is 6.54 Å². The Bertz CT molecular complexity index is 662. The first kappa shape index (κ1) is 13.7. The maximum atomic E-state index is 13.1. The molecule has 2 rings (SSSR count). The minimum absolute atomic E-state index is 0.0429. The van der Waals surface area contributed by atoms with Gasteiger partial charge >= 0.3 is 0 Å². The second kappa shape index (κ2) is 5.52. The van der Waals surface area contributed by atoms with E-state index in [0.29, 0.717) is 0 Å². The molecule has 0 amide bonds. The third kappa shape index (κ3) is 3.00. The molecule has 0 fully saturated rings. The van der Waals surface area contributed by atoms with Crippen molar-refractivity contribution in [2.75, 3.05) is 5.32 Å². The fraction of sp³-hybridized carbons (Fsp3) is 0.0769. The van der Waals surface area contributed by atoms with Crippen LogP contribution in [-0.2, 0) is 6.54 Å². The second-order valence-corrected chi connectivity index (χ2v) is 4.05. The molecular formula is C13H10F2N2O3. The largest absolute Gasteiger partial charge is 0.508 e. The van der Waals surface area contributed by atoms with Gasteiger partial charge in [0.2, 0.25) is 0 Å². The molecule has 2 aromatic rings. The van der Waals surface area contributed by atoms with Gasteiger partial charge in [0.15, 0.2) is 0 Å². The van der Waals surface area contributed by atoms with E-state index in [0.717, 1.165) is 30.3 Å². The van der Waals surface area contributed by atoms with Crippen molar-refractivity contribution in [1.29, 1.82) is 0 Å². The first-order chi connectivity index (χ1) is 9.47. The maximum Gasteiger partial charge on any atom is 0.292 e. The lowest BCUT2D eigenvalue weighted by molar-refractivity contribution is -0.384. The monoisotopic (exact) mass is 280 g/mol. The van der Waals surface area contributed by atoms with Crippen LogP contribution >= 0.6 is 0 Å². The van der Waals surface area contributed by atoms with Gasteiger partial charge in [-0.1, -0.05) is 0 Å². The van der Waals surface area contributed by atoms with Crippen LogP contribution in [-0.4, -0.2) is 10.0 Å². The molecule has 5 nitrogen and oxygen atoms in total. The topological polar surface area (TPSA) is 75.4 Å². The zero-order chi connectivity index (χ0) is 14.7. The van der Waals surface area contributed by atoms with E-state index in [-0.39, 0.29) is 29.2 Å². The van der Waals surface area contributed by atoms with E-state index in [1.165, 1.54) is 6.07 Å². The summed E-state index contributed by atoms with van der Waals surface area (Å²) in [6.45, 7) is -0.0755. The van der Waals surface area contributed by atoms with E-state index >= 15 is 0 Å². The summed E-state index contributed by atoms with van der Waals surface area (Å²) >= 11 is 0. The number of nitrogens with zero attached hydrogens (tertiary/aromatic N) is 1. The molecule has 2 N–H and O–H groups in total. The van der Waals surface area contributed by atoms with Gasteiger partial charge in [0.05, 0.1) is 4.92 Å². The van der Waals surface area contributed by atoms with Crippen LogP contribution in [0.2, 0.25) is 0 Å². The SMILES string of the molecule is O=[N+]([O-])c1ccc(F)cc1NCc1cc(F)ccc1O. The molecule has 20 heavy (non-hydrogen) atoms. The van der Waals surface area contributed by atoms with Gasteiger partial charge < -0.3 is 10.4 Å². The molecule has 0 unspecified atom stereocenters. The van der Waals surface area contributed by atoms with E-state index in [4.69, 9.17) is 0 Å². The van der Waals surface area contributed by atoms with Crippen molar-refractivity contribution in [3.63, 3.8) is 0 Å². The zero-order valence-electron chi connectivity index (χ0n) is 10.1. The molecular weight excluding hydrogens is 270 g/mol. The highest BCUT2D eigenvalue weighted by Gasteiger charge is 2.14. The molecule has 7 heteroatoms. The van der Waals surface area contributed by atoms with Crippen LogP contribution in [0.1, 0.15) is 5.56 Å². The predicted octanol–water partition coefficient (Wildman–Crippen LogP) is 3.19. The lowest BCUT2D eigenvalue weighted by Crippen LogP contribution is -2.03. The summed E-state index contributed by atoms with van der Waals surface area (Å²) in [5.74, 6) is -1.34. The zero-order valence-corrected chi connectivity index (χ0v) is 10.1. The second-order valence-electron chi connectivity index (χ2n) is 4.05. The number of phenolic OH excluding ortho intramolecular Hbond substituents is 1. The highest BCUT2D eigenvalue weighted by Crippen LogP contribution is 2.26. The third-order valence-electron chi connectivity index (χ3n) is 2.67. The Kier molecular flexibility index (Phi) is 3.79. The number of halogens is 2. The normalized spacial score (nSPS) is 10.3. The van der Waals surface area contributed by atoms with Gasteiger partial charge in [-0.2, -0.15) is 0 Å². The molecule has 0 heterocycles. The molecule has 0 radical (unpaired) electrons. The highest BCUT2D eigenvalue weighted by molar-refractivity contribution is 5.61. The molecule has 0 saturated heterocycles. The summed E-state index contributed by atoms with van der Waals surface area (Å²) in [4.78, 5) is 10.1. The number of nitrogens with one attached hydrogen (secondary N) is 1. The number of benzene rings is 2. The fourth-order valence-corrected chi connectivity index (χ4v) is 1.70. The quantitative estimate of drug-likeness (QED) is 0.666. The standard InChI is InChI=1S/C13H10F2N2O3/c14-9-2-4-13(18)8(5-9)7-16-11-6-10(15)1-3-12(11)17(19)20/h1-6,16,18H,7H2. The summed E-state index contributed by atoms with van der Waals surface area (Å²) in [7, 11) is 0. The van der Waals surface area contributed by atoms with Crippen molar-refractivity contribution in [3.8, 4) is 5.75 Å².